The van der Waals surface area contributed by atoms with E-state index in [0.29, 0.717) is 6.42 Å². The Kier molecular flexibility index (Phi) is 7.21. The van der Waals surface area contributed by atoms with Gasteiger partial charge in [-0.15, -0.1) is 0 Å². The van der Waals surface area contributed by atoms with Gasteiger partial charge in [-0.3, -0.25) is 0 Å². The van der Waals surface area contributed by atoms with Crippen LogP contribution < -0.4 is 10.6 Å². The number of ether oxygens (including phenoxy) is 1. The second kappa shape index (κ2) is 7.66. The molecule has 0 bridgehead atoms. The molecule has 0 spiro atoms. The van der Waals surface area contributed by atoms with Gasteiger partial charge in [-0.25, -0.2) is 4.79 Å². The van der Waals surface area contributed by atoms with E-state index in [0.717, 1.165) is 6.92 Å². The highest BCUT2D eigenvalue weighted by atomic mass is 19.4. The first-order valence-corrected chi connectivity index (χ1v) is 7.99. The van der Waals surface area contributed by atoms with Gasteiger partial charge in [0.05, 0.1) is 11.5 Å². The van der Waals surface area contributed by atoms with Crippen LogP contribution in [-0.4, -0.2) is 30.0 Å². The maximum absolute atomic E-state index is 13.3. The molecule has 0 aromatic carbocycles. The summed E-state index contributed by atoms with van der Waals surface area (Å²) in [6, 6.07) is 0. The van der Waals surface area contributed by atoms with Gasteiger partial charge in [-0.1, -0.05) is 27.4 Å². The molecule has 142 valence electrons. The molecule has 4 nitrogen and oxygen atoms in total. The van der Waals surface area contributed by atoms with Gasteiger partial charge in [-0.2, -0.15) is 13.2 Å². The van der Waals surface area contributed by atoms with Crippen LogP contribution in [0.3, 0.4) is 0 Å². The van der Waals surface area contributed by atoms with Crippen molar-refractivity contribution in [3.8, 4) is 0 Å². The van der Waals surface area contributed by atoms with Crippen LogP contribution in [0.2, 0.25) is 0 Å². The summed E-state index contributed by atoms with van der Waals surface area (Å²) in [5.41, 5.74) is -2.67. The quantitative estimate of drug-likeness (QED) is 0.703. The molecule has 0 rings (SSSR count). The molecule has 0 aliphatic carbocycles. The van der Waals surface area contributed by atoms with Crippen LogP contribution in [0.4, 0.5) is 18.0 Å². The van der Waals surface area contributed by atoms with Crippen LogP contribution in [0.25, 0.3) is 0 Å². The summed E-state index contributed by atoms with van der Waals surface area (Å²) in [4.78, 5) is 11.7. The Labute approximate surface area is 143 Å². The molecule has 0 aliphatic heterocycles. The minimum atomic E-state index is -4.35. The van der Waals surface area contributed by atoms with Gasteiger partial charge < -0.3 is 15.4 Å². The Balaban J connectivity index is 5.03. The number of rotatable bonds is 7. The number of carbonyl (C=O) groups excluding carboxylic acids is 1. The maximum atomic E-state index is 13.3. The lowest BCUT2D eigenvalue weighted by molar-refractivity contribution is -0.201. The lowest BCUT2D eigenvalue weighted by Crippen LogP contribution is -2.60. The Bertz CT molecular complexity index is 442. The number of nitrogens with one attached hydrogen (secondary N) is 2. The smallest absolute Gasteiger partial charge is 0.407 e. The third kappa shape index (κ3) is 6.24. The largest absolute Gasteiger partial charge is 0.444 e. The molecule has 0 saturated carbocycles. The number of hydrogen-bond acceptors (Lipinski definition) is 3. The second-order valence-electron chi connectivity index (χ2n) is 7.88. The van der Waals surface area contributed by atoms with Gasteiger partial charge >= 0.3 is 12.3 Å². The monoisotopic (exact) mass is 352 g/mol. The van der Waals surface area contributed by atoms with E-state index >= 15 is 0 Å². The summed E-state index contributed by atoms with van der Waals surface area (Å²) >= 11 is 0. The molecule has 0 radical (unpaired) electrons. The van der Waals surface area contributed by atoms with Crippen molar-refractivity contribution in [2.75, 3.05) is 6.54 Å². The molecule has 2 atom stereocenters. The fourth-order valence-electron chi connectivity index (χ4n) is 2.50. The molecule has 2 unspecified atom stereocenters. The van der Waals surface area contributed by atoms with E-state index in [1.807, 2.05) is 0 Å². The number of alkyl halides is 3. The normalized spacial score (nSPS) is 16.8. The minimum absolute atomic E-state index is 0.209. The lowest BCUT2D eigenvalue weighted by atomic mass is 9.64. The Morgan fingerprint density at radius 3 is 2.04 bits per heavy atom. The van der Waals surface area contributed by atoms with Crippen molar-refractivity contribution >= 4 is 6.09 Å². The fraction of sp³-hybridized carbons (Fsp3) is 0.824. The molecule has 0 aliphatic rings. The molecule has 24 heavy (non-hydrogen) atoms. The molecule has 0 saturated heterocycles. The van der Waals surface area contributed by atoms with Crippen LogP contribution in [-0.2, 0) is 4.74 Å². The van der Waals surface area contributed by atoms with E-state index in [2.05, 4.69) is 17.2 Å². The van der Waals surface area contributed by atoms with Crippen molar-refractivity contribution in [3.05, 3.63) is 12.8 Å². The lowest BCUT2D eigenvalue weighted by Gasteiger charge is -2.49. The SMILES string of the molecule is C=CNC(C)(C(C)C(F)(F)F)C(C)(C)CCNC(=O)OC(C)(C)C. The predicted molar refractivity (Wildman–Crippen MR) is 89.6 cm³/mol. The molecule has 7 heteroatoms. The number of halogens is 3. The summed E-state index contributed by atoms with van der Waals surface area (Å²) < 4.78 is 44.9. The van der Waals surface area contributed by atoms with Gasteiger partial charge in [0.25, 0.3) is 0 Å². The number of hydrogen-bond donors (Lipinski definition) is 2. The molecule has 0 aromatic heterocycles. The summed E-state index contributed by atoms with van der Waals surface area (Å²) in [5.74, 6) is -1.60. The molecular weight excluding hydrogens is 321 g/mol. The summed E-state index contributed by atoms with van der Waals surface area (Å²) in [7, 11) is 0. The van der Waals surface area contributed by atoms with Crippen LogP contribution in [0.15, 0.2) is 12.8 Å². The first-order chi connectivity index (χ1) is 10.6. The van der Waals surface area contributed by atoms with Crippen LogP contribution >= 0.6 is 0 Å². The van der Waals surface area contributed by atoms with E-state index in [1.165, 1.54) is 13.1 Å². The zero-order chi connectivity index (χ0) is 19.4. The molecule has 0 fully saturated rings. The van der Waals surface area contributed by atoms with Crippen molar-refractivity contribution in [2.45, 2.75) is 72.2 Å². The van der Waals surface area contributed by atoms with Crippen molar-refractivity contribution in [1.82, 2.24) is 10.6 Å². The standard InChI is InChI=1S/C17H31F3N2O2/c1-9-22-16(8,12(2)17(18,19)20)15(6,7)10-11-21-13(23)24-14(3,4)5/h9,12,22H,1,10-11H2,2-8H3,(H,21,23). The van der Waals surface area contributed by atoms with Gasteiger partial charge in [0.2, 0.25) is 0 Å². The van der Waals surface area contributed by atoms with E-state index in [1.54, 1.807) is 34.6 Å². The summed E-state index contributed by atoms with van der Waals surface area (Å²) in [6.07, 6.45) is -3.31. The highest BCUT2D eigenvalue weighted by Crippen LogP contribution is 2.45. The highest BCUT2D eigenvalue weighted by Gasteiger charge is 2.54. The third-order valence-corrected chi connectivity index (χ3v) is 4.58. The topological polar surface area (TPSA) is 50.4 Å². The van der Waals surface area contributed by atoms with Gasteiger partial charge in [-0.05, 0) is 45.7 Å². The molecule has 1 amide bonds. The zero-order valence-corrected chi connectivity index (χ0v) is 15.7. The first kappa shape index (κ1) is 22.6. The summed E-state index contributed by atoms with van der Waals surface area (Å²) in [6.45, 7) is 15.1. The zero-order valence-electron chi connectivity index (χ0n) is 15.7. The van der Waals surface area contributed by atoms with Crippen LogP contribution in [0.5, 0.6) is 0 Å². The van der Waals surface area contributed by atoms with E-state index in [4.69, 9.17) is 4.74 Å². The number of carbonyl (C=O) groups is 1. The van der Waals surface area contributed by atoms with E-state index in [9.17, 15) is 18.0 Å². The molecular formula is C17H31F3N2O2. The molecule has 2 N–H and O–H groups in total. The van der Waals surface area contributed by atoms with Gasteiger partial charge in [0, 0.05) is 6.54 Å². The van der Waals surface area contributed by atoms with Crippen molar-refractivity contribution in [3.63, 3.8) is 0 Å². The minimum Gasteiger partial charge on any atom is -0.444 e. The number of alkyl carbamates (subject to hydrolysis) is 1. The van der Waals surface area contributed by atoms with E-state index in [-0.39, 0.29) is 6.54 Å². The third-order valence-electron chi connectivity index (χ3n) is 4.58. The van der Waals surface area contributed by atoms with Crippen LogP contribution in [0, 0.1) is 11.3 Å². The highest BCUT2D eigenvalue weighted by molar-refractivity contribution is 5.67. The van der Waals surface area contributed by atoms with E-state index < -0.39 is 34.7 Å². The maximum Gasteiger partial charge on any atom is 0.407 e. The molecule has 0 heterocycles. The Morgan fingerprint density at radius 1 is 1.17 bits per heavy atom. The van der Waals surface area contributed by atoms with Crippen molar-refractivity contribution in [2.24, 2.45) is 11.3 Å². The van der Waals surface area contributed by atoms with Gasteiger partial charge in [0.1, 0.15) is 5.60 Å². The predicted octanol–water partition coefficient (Wildman–Crippen LogP) is 4.62. The van der Waals surface area contributed by atoms with Crippen LogP contribution in [0.1, 0.15) is 54.9 Å². The molecule has 0 aromatic rings. The van der Waals surface area contributed by atoms with Crippen molar-refractivity contribution in [1.29, 1.82) is 0 Å². The second-order valence-corrected chi connectivity index (χ2v) is 7.88. The van der Waals surface area contributed by atoms with Gasteiger partial charge in [0.15, 0.2) is 0 Å². The fourth-order valence-corrected chi connectivity index (χ4v) is 2.50. The number of amides is 1. The first-order valence-electron chi connectivity index (χ1n) is 7.99. The Morgan fingerprint density at radius 2 is 1.67 bits per heavy atom. The average molecular weight is 352 g/mol. The summed E-state index contributed by atoms with van der Waals surface area (Å²) in [5, 5.41) is 5.37. The Hall–Kier alpha value is -1.40. The van der Waals surface area contributed by atoms with Crippen molar-refractivity contribution < 1.29 is 22.7 Å². The average Bonchev–Trinajstić information content (AvgIpc) is 2.34.